The number of likely N-dealkylation sites (tertiary alicyclic amines) is 1. The third-order valence-electron chi connectivity index (χ3n) is 6.25. The zero-order valence-corrected chi connectivity index (χ0v) is 20.1. The Balaban J connectivity index is 1.47. The standard InChI is InChI=1S/C30H25NO6/c1-19-5-2-6-20(15-19)18-37-24-12-10-21(11-13-24)28(33)26-27(22-7-3-8-23(32)16-22)31(30(35)29(26)34)17-25-9-4-14-36-25/h2-16,27,32-33H,17-18H2,1H3/b28-26+. The number of hydrogen-bond donors (Lipinski definition) is 2. The first-order chi connectivity index (χ1) is 17.9. The second-order valence-electron chi connectivity index (χ2n) is 8.90. The number of amides is 1. The second kappa shape index (κ2) is 10.1. The van der Waals surface area contributed by atoms with Crippen molar-refractivity contribution in [1.82, 2.24) is 4.90 Å². The van der Waals surface area contributed by atoms with Crippen molar-refractivity contribution in [2.45, 2.75) is 26.1 Å². The zero-order chi connectivity index (χ0) is 25.9. The van der Waals surface area contributed by atoms with Crippen molar-refractivity contribution in [2.24, 2.45) is 0 Å². The summed E-state index contributed by atoms with van der Waals surface area (Å²) in [6.07, 6.45) is 1.48. The molecule has 2 heterocycles. The summed E-state index contributed by atoms with van der Waals surface area (Å²) >= 11 is 0. The largest absolute Gasteiger partial charge is 0.508 e. The minimum absolute atomic E-state index is 0.0174. The van der Waals surface area contributed by atoms with Crippen LogP contribution in [0.4, 0.5) is 0 Å². The van der Waals surface area contributed by atoms with E-state index in [1.165, 1.54) is 23.3 Å². The number of aryl methyl sites for hydroxylation is 1. The van der Waals surface area contributed by atoms with Crippen LogP contribution in [0.25, 0.3) is 5.76 Å². The van der Waals surface area contributed by atoms with Crippen LogP contribution < -0.4 is 4.74 Å². The van der Waals surface area contributed by atoms with E-state index in [1.807, 2.05) is 31.2 Å². The van der Waals surface area contributed by atoms with E-state index < -0.39 is 17.7 Å². The highest BCUT2D eigenvalue weighted by molar-refractivity contribution is 6.46. The third kappa shape index (κ3) is 4.97. The van der Waals surface area contributed by atoms with Gasteiger partial charge >= 0.3 is 0 Å². The highest BCUT2D eigenvalue weighted by atomic mass is 16.5. The Morgan fingerprint density at radius 3 is 2.46 bits per heavy atom. The van der Waals surface area contributed by atoms with Crippen molar-refractivity contribution < 1.29 is 29.0 Å². The third-order valence-corrected chi connectivity index (χ3v) is 6.25. The van der Waals surface area contributed by atoms with Crippen molar-refractivity contribution in [2.75, 3.05) is 0 Å². The van der Waals surface area contributed by atoms with Crippen molar-refractivity contribution in [3.8, 4) is 11.5 Å². The average molecular weight is 496 g/mol. The Morgan fingerprint density at radius 2 is 1.76 bits per heavy atom. The van der Waals surface area contributed by atoms with Gasteiger partial charge in [-0.15, -0.1) is 0 Å². The molecule has 7 nitrogen and oxygen atoms in total. The molecule has 2 N–H and O–H groups in total. The number of aliphatic hydroxyl groups excluding tert-OH is 1. The molecule has 0 radical (unpaired) electrons. The van der Waals surface area contributed by atoms with Gasteiger partial charge in [0, 0.05) is 5.56 Å². The maximum absolute atomic E-state index is 13.2. The van der Waals surface area contributed by atoms with E-state index in [2.05, 4.69) is 0 Å². The number of carbonyl (C=O) groups is 2. The number of aromatic hydroxyl groups is 1. The average Bonchev–Trinajstić information content (AvgIpc) is 3.50. The number of aliphatic hydroxyl groups is 1. The Morgan fingerprint density at radius 1 is 0.973 bits per heavy atom. The van der Waals surface area contributed by atoms with Gasteiger partial charge in [0.2, 0.25) is 0 Å². The van der Waals surface area contributed by atoms with Gasteiger partial charge in [0.1, 0.15) is 29.6 Å². The fourth-order valence-electron chi connectivity index (χ4n) is 4.49. The van der Waals surface area contributed by atoms with Gasteiger partial charge in [-0.2, -0.15) is 0 Å². The summed E-state index contributed by atoms with van der Waals surface area (Å²) in [5.41, 5.74) is 2.98. The van der Waals surface area contributed by atoms with E-state index in [1.54, 1.807) is 48.5 Å². The quantitative estimate of drug-likeness (QED) is 0.200. The van der Waals surface area contributed by atoms with Crippen molar-refractivity contribution >= 4 is 17.4 Å². The van der Waals surface area contributed by atoms with Crippen LogP contribution >= 0.6 is 0 Å². The van der Waals surface area contributed by atoms with Crippen molar-refractivity contribution in [1.29, 1.82) is 0 Å². The first-order valence-corrected chi connectivity index (χ1v) is 11.8. The fourth-order valence-corrected chi connectivity index (χ4v) is 4.49. The lowest BCUT2D eigenvalue weighted by atomic mass is 9.95. The molecule has 1 aliphatic heterocycles. The van der Waals surface area contributed by atoms with E-state index in [4.69, 9.17) is 9.15 Å². The molecule has 7 heteroatoms. The number of phenols is 1. The lowest BCUT2D eigenvalue weighted by molar-refractivity contribution is -0.140. The molecule has 0 aliphatic carbocycles. The molecule has 0 spiro atoms. The first kappa shape index (κ1) is 23.9. The molecule has 4 aromatic rings. The normalized spacial score (nSPS) is 16.8. The van der Waals surface area contributed by atoms with Gasteiger partial charge < -0.3 is 24.3 Å². The zero-order valence-electron chi connectivity index (χ0n) is 20.1. The summed E-state index contributed by atoms with van der Waals surface area (Å²) < 4.78 is 11.3. The smallest absolute Gasteiger partial charge is 0.296 e. The Kier molecular flexibility index (Phi) is 6.51. The van der Waals surface area contributed by atoms with Gasteiger partial charge in [-0.3, -0.25) is 9.59 Å². The number of rotatable bonds is 7. The van der Waals surface area contributed by atoms with E-state index in [0.717, 1.165) is 11.1 Å². The Hall–Kier alpha value is -4.78. The maximum atomic E-state index is 13.2. The van der Waals surface area contributed by atoms with Crippen LogP contribution in [-0.4, -0.2) is 26.8 Å². The van der Waals surface area contributed by atoms with Crippen LogP contribution in [0, 0.1) is 6.92 Å². The van der Waals surface area contributed by atoms with Gasteiger partial charge in [0.15, 0.2) is 0 Å². The highest BCUT2D eigenvalue weighted by Gasteiger charge is 2.46. The number of furan rings is 1. The monoisotopic (exact) mass is 495 g/mol. The molecule has 1 amide bonds. The van der Waals surface area contributed by atoms with Crippen LogP contribution in [0.1, 0.15) is 34.1 Å². The molecular weight excluding hydrogens is 470 g/mol. The molecular formula is C30H25NO6. The lowest BCUT2D eigenvalue weighted by Crippen LogP contribution is -2.29. The fraction of sp³-hybridized carbons (Fsp3) is 0.133. The number of benzene rings is 3. The van der Waals surface area contributed by atoms with Crippen LogP contribution in [0.5, 0.6) is 11.5 Å². The van der Waals surface area contributed by atoms with Crippen LogP contribution in [-0.2, 0) is 22.7 Å². The van der Waals surface area contributed by atoms with E-state index in [0.29, 0.717) is 29.2 Å². The number of phenolic OH excluding ortho intramolecular Hbond substituents is 1. The molecule has 186 valence electrons. The van der Waals surface area contributed by atoms with Crippen LogP contribution in [0.2, 0.25) is 0 Å². The first-order valence-electron chi connectivity index (χ1n) is 11.8. The van der Waals surface area contributed by atoms with Gasteiger partial charge in [-0.05, 0) is 66.6 Å². The molecule has 1 atom stereocenters. The van der Waals surface area contributed by atoms with Gasteiger partial charge in [-0.25, -0.2) is 0 Å². The molecule has 3 aromatic carbocycles. The second-order valence-corrected chi connectivity index (χ2v) is 8.90. The molecule has 0 saturated carbocycles. The van der Waals surface area contributed by atoms with Crippen LogP contribution in [0.15, 0.2) is 101 Å². The number of ketones is 1. The van der Waals surface area contributed by atoms with Gasteiger partial charge in [0.25, 0.3) is 11.7 Å². The number of Topliss-reactive ketones (excluding diaryl/α,β-unsaturated/α-hetero) is 1. The molecule has 1 saturated heterocycles. The predicted octanol–water partition coefficient (Wildman–Crippen LogP) is 5.49. The summed E-state index contributed by atoms with van der Waals surface area (Å²) in [5, 5.41) is 21.3. The summed E-state index contributed by atoms with van der Waals surface area (Å²) in [6.45, 7) is 2.44. The number of nitrogens with zero attached hydrogens (tertiary/aromatic N) is 1. The summed E-state index contributed by atoms with van der Waals surface area (Å²) in [4.78, 5) is 27.5. The highest BCUT2D eigenvalue weighted by Crippen LogP contribution is 2.41. The summed E-state index contributed by atoms with van der Waals surface area (Å²) in [7, 11) is 0. The maximum Gasteiger partial charge on any atom is 0.296 e. The molecule has 1 unspecified atom stereocenters. The van der Waals surface area contributed by atoms with Crippen LogP contribution in [0.3, 0.4) is 0 Å². The molecule has 37 heavy (non-hydrogen) atoms. The Bertz CT molecular complexity index is 1470. The molecule has 0 bridgehead atoms. The van der Waals surface area contributed by atoms with E-state index in [9.17, 15) is 19.8 Å². The lowest BCUT2D eigenvalue weighted by Gasteiger charge is -2.24. The minimum atomic E-state index is -0.908. The SMILES string of the molecule is Cc1cccc(COc2ccc(/C(O)=C3\C(=O)C(=O)N(Cc4ccco4)C3c3cccc(O)c3)cc2)c1. The summed E-state index contributed by atoms with van der Waals surface area (Å²) in [6, 6.07) is 23.5. The molecule has 1 aromatic heterocycles. The number of hydrogen-bond acceptors (Lipinski definition) is 6. The number of ether oxygens (including phenoxy) is 1. The molecule has 1 fully saturated rings. The summed E-state index contributed by atoms with van der Waals surface area (Å²) in [5.74, 6) is -0.806. The number of carbonyl (C=O) groups excluding carboxylic acids is 2. The van der Waals surface area contributed by atoms with Crippen molar-refractivity contribution in [3.05, 3.63) is 125 Å². The van der Waals surface area contributed by atoms with Gasteiger partial charge in [0.05, 0.1) is 24.4 Å². The predicted molar refractivity (Wildman–Crippen MR) is 137 cm³/mol. The molecule has 5 rings (SSSR count). The van der Waals surface area contributed by atoms with Gasteiger partial charge in [-0.1, -0.05) is 42.0 Å². The van der Waals surface area contributed by atoms with Crippen molar-refractivity contribution in [3.63, 3.8) is 0 Å². The van der Waals surface area contributed by atoms with E-state index in [-0.39, 0.29) is 23.6 Å². The molecule has 1 aliphatic rings. The Labute approximate surface area is 213 Å². The topological polar surface area (TPSA) is 100 Å². The van der Waals surface area contributed by atoms with E-state index >= 15 is 0 Å². The minimum Gasteiger partial charge on any atom is -0.508 e.